The first-order valence-corrected chi connectivity index (χ1v) is 6.16. The quantitative estimate of drug-likeness (QED) is 0.844. The van der Waals surface area contributed by atoms with E-state index in [1.165, 1.54) is 5.57 Å². The number of benzene rings is 1. The van der Waals surface area contributed by atoms with Gasteiger partial charge in [0.15, 0.2) is 0 Å². The summed E-state index contributed by atoms with van der Waals surface area (Å²) in [6.45, 7) is 7.32. The molecule has 88 valence electrons. The fourth-order valence-corrected chi connectivity index (χ4v) is 1.76. The van der Waals surface area contributed by atoms with Gasteiger partial charge in [-0.2, -0.15) is 0 Å². The maximum absolute atomic E-state index is 5.96. The highest BCUT2D eigenvalue weighted by atomic mass is 35.5. The van der Waals surface area contributed by atoms with Gasteiger partial charge in [-0.1, -0.05) is 47.8 Å². The predicted molar refractivity (Wildman–Crippen MR) is 73.3 cm³/mol. The molecule has 3 heteroatoms. The molecule has 0 aliphatic carbocycles. The molecule has 1 N–H and O–H groups in total. The molecule has 1 nitrogen and oxygen atoms in total. The molecule has 0 spiro atoms. The Morgan fingerprint density at radius 1 is 1.38 bits per heavy atom. The van der Waals surface area contributed by atoms with Crippen LogP contribution in [-0.2, 0) is 0 Å². The SMILES string of the molecule is CCNC(C)/C(C)=C/c1ccc(Cl)c(Cl)c1. The van der Waals surface area contributed by atoms with Crippen molar-refractivity contribution < 1.29 is 0 Å². The third-order valence-corrected chi connectivity index (χ3v) is 3.27. The maximum atomic E-state index is 5.96. The third kappa shape index (κ3) is 3.82. The van der Waals surface area contributed by atoms with Gasteiger partial charge >= 0.3 is 0 Å². The van der Waals surface area contributed by atoms with Crippen molar-refractivity contribution >= 4 is 29.3 Å². The van der Waals surface area contributed by atoms with Crippen LogP contribution in [0.15, 0.2) is 23.8 Å². The molecule has 1 unspecified atom stereocenters. The number of hydrogen-bond acceptors (Lipinski definition) is 1. The van der Waals surface area contributed by atoms with Gasteiger partial charge in [-0.3, -0.25) is 0 Å². The van der Waals surface area contributed by atoms with Crippen molar-refractivity contribution in [3.8, 4) is 0 Å². The molecule has 0 amide bonds. The second-order valence-electron chi connectivity index (χ2n) is 3.84. The first-order valence-electron chi connectivity index (χ1n) is 5.41. The normalized spacial score (nSPS) is 13.9. The summed E-state index contributed by atoms with van der Waals surface area (Å²) in [5.41, 5.74) is 2.36. The van der Waals surface area contributed by atoms with Crippen molar-refractivity contribution in [2.45, 2.75) is 26.8 Å². The zero-order valence-electron chi connectivity index (χ0n) is 9.85. The summed E-state index contributed by atoms with van der Waals surface area (Å²) in [7, 11) is 0. The number of rotatable bonds is 4. The largest absolute Gasteiger partial charge is 0.311 e. The number of likely N-dealkylation sites (N-methyl/N-ethyl adjacent to an activating group) is 1. The van der Waals surface area contributed by atoms with Gasteiger partial charge in [0, 0.05) is 6.04 Å². The topological polar surface area (TPSA) is 12.0 Å². The molecular weight excluding hydrogens is 241 g/mol. The predicted octanol–water partition coefficient (Wildman–Crippen LogP) is 4.39. The Morgan fingerprint density at radius 3 is 2.62 bits per heavy atom. The fourth-order valence-electron chi connectivity index (χ4n) is 1.46. The molecule has 1 aromatic carbocycles. The van der Waals surface area contributed by atoms with Crippen molar-refractivity contribution in [1.82, 2.24) is 5.32 Å². The zero-order chi connectivity index (χ0) is 12.1. The molecule has 0 saturated heterocycles. The van der Waals surface area contributed by atoms with Gasteiger partial charge < -0.3 is 5.32 Å². The lowest BCUT2D eigenvalue weighted by atomic mass is 10.1. The summed E-state index contributed by atoms with van der Waals surface area (Å²) in [5.74, 6) is 0. The molecule has 0 aliphatic rings. The van der Waals surface area contributed by atoms with Crippen LogP contribution in [0.2, 0.25) is 10.0 Å². The average Bonchev–Trinajstić information content (AvgIpc) is 2.24. The minimum atomic E-state index is 0.374. The highest BCUT2D eigenvalue weighted by molar-refractivity contribution is 6.42. The summed E-state index contributed by atoms with van der Waals surface area (Å²) in [6, 6.07) is 6.04. The highest BCUT2D eigenvalue weighted by Gasteiger charge is 2.03. The van der Waals surface area contributed by atoms with E-state index in [-0.39, 0.29) is 0 Å². The Labute approximate surface area is 107 Å². The molecule has 0 heterocycles. The number of halogens is 2. The first-order chi connectivity index (χ1) is 7.54. The minimum absolute atomic E-state index is 0.374. The standard InChI is InChI=1S/C13H17Cl2N/c1-4-16-10(3)9(2)7-11-5-6-12(14)13(15)8-11/h5-8,10,16H,4H2,1-3H3/b9-7+. The molecule has 0 aliphatic heterocycles. The van der Waals surface area contributed by atoms with Crippen molar-refractivity contribution in [2.75, 3.05) is 6.54 Å². The Morgan fingerprint density at radius 2 is 2.06 bits per heavy atom. The Hall–Kier alpha value is -0.500. The minimum Gasteiger partial charge on any atom is -0.311 e. The Kier molecular flexibility index (Phi) is 5.33. The summed E-state index contributed by atoms with van der Waals surface area (Å²) in [4.78, 5) is 0. The van der Waals surface area contributed by atoms with Crippen molar-refractivity contribution in [3.63, 3.8) is 0 Å². The molecule has 0 aromatic heterocycles. The van der Waals surface area contributed by atoms with E-state index in [1.807, 2.05) is 18.2 Å². The van der Waals surface area contributed by atoms with Gasteiger partial charge in [-0.25, -0.2) is 0 Å². The van der Waals surface area contributed by atoms with Crippen LogP contribution in [-0.4, -0.2) is 12.6 Å². The van der Waals surface area contributed by atoms with E-state index >= 15 is 0 Å². The lowest BCUT2D eigenvalue weighted by molar-refractivity contribution is 0.636. The second-order valence-corrected chi connectivity index (χ2v) is 4.66. The van der Waals surface area contributed by atoms with Gasteiger partial charge in [0.1, 0.15) is 0 Å². The summed E-state index contributed by atoms with van der Waals surface area (Å²) >= 11 is 11.8. The van der Waals surface area contributed by atoms with Crippen LogP contribution in [0, 0.1) is 0 Å². The van der Waals surface area contributed by atoms with Crippen LogP contribution >= 0.6 is 23.2 Å². The second kappa shape index (κ2) is 6.29. The van der Waals surface area contributed by atoms with Gasteiger partial charge in [0.2, 0.25) is 0 Å². The van der Waals surface area contributed by atoms with E-state index in [0.29, 0.717) is 16.1 Å². The Balaban J connectivity index is 2.85. The number of nitrogens with one attached hydrogen (secondary N) is 1. The molecular formula is C13H17Cl2N. The van der Waals surface area contributed by atoms with Crippen LogP contribution in [0.25, 0.3) is 6.08 Å². The molecule has 1 aromatic rings. The molecule has 1 atom stereocenters. The van der Waals surface area contributed by atoms with E-state index in [9.17, 15) is 0 Å². The monoisotopic (exact) mass is 257 g/mol. The van der Waals surface area contributed by atoms with E-state index in [4.69, 9.17) is 23.2 Å². The number of hydrogen-bond donors (Lipinski definition) is 1. The molecule has 0 saturated carbocycles. The lowest BCUT2D eigenvalue weighted by Crippen LogP contribution is -2.26. The lowest BCUT2D eigenvalue weighted by Gasteiger charge is -2.13. The Bertz CT molecular complexity index is 386. The summed E-state index contributed by atoms with van der Waals surface area (Å²) in [5, 5.41) is 4.55. The fraction of sp³-hybridized carbons (Fsp3) is 0.385. The molecule has 1 rings (SSSR count). The smallest absolute Gasteiger partial charge is 0.0598 e. The van der Waals surface area contributed by atoms with Crippen molar-refractivity contribution in [2.24, 2.45) is 0 Å². The summed E-state index contributed by atoms with van der Waals surface area (Å²) < 4.78 is 0. The zero-order valence-corrected chi connectivity index (χ0v) is 11.4. The van der Waals surface area contributed by atoms with Gasteiger partial charge in [0.05, 0.1) is 10.0 Å². The van der Waals surface area contributed by atoms with Crippen LogP contribution in [0.1, 0.15) is 26.3 Å². The summed E-state index contributed by atoms with van der Waals surface area (Å²) in [6.07, 6.45) is 2.12. The van der Waals surface area contributed by atoms with Crippen LogP contribution in [0.3, 0.4) is 0 Å². The maximum Gasteiger partial charge on any atom is 0.0598 e. The van der Waals surface area contributed by atoms with Crippen LogP contribution in [0.4, 0.5) is 0 Å². The average molecular weight is 258 g/mol. The van der Waals surface area contributed by atoms with Gasteiger partial charge in [0.25, 0.3) is 0 Å². The first kappa shape index (κ1) is 13.6. The molecule has 0 radical (unpaired) electrons. The van der Waals surface area contributed by atoms with Gasteiger partial charge in [-0.15, -0.1) is 0 Å². The molecule has 0 fully saturated rings. The third-order valence-electron chi connectivity index (χ3n) is 2.53. The van der Waals surface area contributed by atoms with E-state index in [2.05, 4.69) is 32.2 Å². The van der Waals surface area contributed by atoms with Crippen LogP contribution in [0.5, 0.6) is 0 Å². The van der Waals surface area contributed by atoms with E-state index in [1.54, 1.807) is 0 Å². The van der Waals surface area contributed by atoms with E-state index < -0.39 is 0 Å². The van der Waals surface area contributed by atoms with Crippen molar-refractivity contribution in [1.29, 1.82) is 0 Å². The van der Waals surface area contributed by atoms with Gasteiger partial charge in [-0.05, 0) is 38.1 Å². The van der Waals surface area contributed by atoms with E-state index in [0.717, 1.165) is 12.1 Å². The molecule has 0 bridgehead atoms. The van der Waals surface area contributed by atoms with Crippen molar-refractivity contribution in [3.05, 3.63) is 39.4 Å². The highest BCUT2D eigenvalue weighted by Crippen LogP contribution is 2.23. The van der Waals surface area contributed by atoms with Crippen LogP contribution < -0.4 is 5.32 Å². The molecule has 16 heavy (non-hydrogen) atoms.